The molecule has 0 bridgehead atoms. The molecule has 4 rings (SSSR count). The zero-order chi connectivity index (χ0) is 23.8. The maximum absolute atomic E-state index is 12.9. The van der Waals surface area contributed by atoms with E-state index in [4.69, 9.17) is 4.74 Å². The van der Waals surface area contributed by atoms with Crippen LogP contribution in [0.4, 0.5) is 17.2 Å². The van der Waals surface area contributed by atoms with E-state index in [0.717, 1.165) is 18.4 Å². The molecule has 0 aliphatic heterocycles. The van der Waals surface area contributed by atoms with Gasteiger partial charge in [-0.2, -0.15) is 9.82 Å². The minimum absolute atomic E-state index is 0.0285. The second-order valence-corrected chi connectivity index (χ2v) is 11.0. The highest BCUT2D eigenvalue weighted by molar-refractivity contribution is 7.94. The largest absolute Gasteiger partial charge is 0.593 e. The minimum atomic E-state index is -1.36. The van der Waals surface area contributed by atoms with Gasteiger partial charge >= 0.3 is 0 Å². The lowest BCUT2D eigenvalue weighted by Gasteiger charge is -2.24. The summed E-state index contributed by atoms with van der Waals surface area (Å²) in [5, 5.41) is 7.71. The van der Waals surface area contributed by atoms with E-state index in [-0.39, 0.29) is 11.7 Å². The van der Waals surface area contributed by atoms with Gasteiger partial charge in [0, 0.05) is 25.2 Å². The van der Waals surface area contributed by atoms with E-state index in [1.165, 1.54) is 0 Å². The molecule has 1 atom stereocenters. The maximum atomic E-state index is 12.9. The smallest absolute Gasteiger partial charge is 0.184 e. The fraction of sp³-hybridized carbons (Fsp3) is 0.391. The number of ketones is 1. The van der Waals surface area contributed by atoms with E-state index in [1.54, 1.807) is 37.4 Å². The van der Waals surface area contributed by atoms with Crippen LogP contribution in [0.3, 0.4) is 0 Å². The monoisotopic (exact) mass is 468 g/mol. The van der Waals surface area contributed by atoms with Crippen LogP contribution in [0, 0.1) is 5.92 Å². The van der Waals surface area contributed by atoms with Crippen molar-refractivity contribution in [2.24, 2.45) is 13.0 Å². The van der Waals surface area contributed by atoms with Crippen LogP contribution < -0.4 is 14.8 Å². The molecule has 1 saturated carbocycles. The normalized spacial score (nSPS) is 14.6. The van der Waals surface area contributed by atoms with Gasteiger partial charge in [0.05, 0.1) is 41.0 Å². The number of ether oxygens (including phenoxy) is 1. The van der Waals surface area contributed by atoms with Gasteiger partial charge in [0.1, 0.15) is 11.1 Å². The molecule has 2 N–H and O–H groups in total. The number of carbonyl (C=O) groups is 1. The molecule has 174 valence electrons. The van der Waals surface area contributed by atoms with Crippen LogP contribution in [0.1, 0.15) is 44.0 Å². The molecule has 0 radical (unpaired) electrons. The molecule has 1 fully saturated rings. The molecule has 0 saturated heterocycles. The number of methoxy groups -OCH3 is 1. The summed E-state index contributed by atoms with van der Waals surface area (Å²) in [4.78, 5) is 21.6. The van der Waals surface area contributed by atoms with E-state index in [2.05, 4.69) is 25.1 Å². The molecule has 9 nitrogen and oxygen atoms in total. The number of para-hydroxylation sites is 1. The average molecular weight is 469 g/mol. The molecule has 3 aromatic rings. The quantitative estimate of drug-likeness (QED) is 0.375. The third kappa shape index (κ3) is 5.12. The van der Waals surface area contributed by atoms with E-state index in [1.807, 2.05) is 39.0 Å². The number of aromatic nitrogens is 4. The fourth-order valence-corrected chi connectivity index (χ4v) is 3.87. The lowest BCUT2D eigenvalue weighted by Crippen LogP contribution is -2.34. The lowest BCUT2D eigenvalue weighted by molar-refractivity contribution is 0.0968. The molecule has 2 aromatic heterocycles. The summed E-state index contributed by atoms with van der Waals surface area (Å²) in [5.41, 5.74) is 2.44. The Morgan fingerprint density at radius 2 is 2.00 bits per heavy atom. The first kappa shape index (κ1) is 23.1. The zero-order valence-corrected chi connectivity index (χ0v) is 20.2. The number of aryl methyl sites for hydroxylation is 1. The number of rotatable bonds is 8. The van der Waals surface area contributed by atoms with Crippen molar-refractivity contribution in [3.8, 4) is 17.1 Å². The van der Waals surface area contributed by atoms with Crippen LogP contribution in [0.5, 0.6) is 5.75 Å². The van der Waals surface area contributed by atoms with E-state index in [0.29, 0.717) is 34.3 Å². The average Bonchev–Trinajstić information content (AvgIpc) is 3.53. The summed E-state index contributed by atoms with van der Waals surface area (Å²) in [7, 11) is 3.38. The van der Waals surface area contributed by atoms with Gasteiger partial charge in [-0.15, -0.1) is 0 Å². The molecule has 1 unspecified atom stereocenters. The van der Waals surface area contributed by atoms with Crippen molar-refractivity contribution < 1.29 is 14.1 Å². The Bertz CT molecular complexity index is 1170. The second kappa shape index (κ2) is 9.03. The third-order valence-corrected chi connectivity index (χ3v) is 6.71. The molecular formula is C23H28N6O3S. The Morgan fingerprint density at radius 1 is 1.24 bits per heavy atom. The molecule has 10 heteroatoms. The van der Waals surface area contributed by atoms with Gasteiger partial charge in [0.25, 0.3) is 0 Å². The maximum Gasteiger partial charge on any atom is 0.184 e. The van der Waals surface area contributed by atoms with Crippen molar-refractivity contribution in [3.05, 3.63) is 42.4 Å². The number of benzene rings is 1. The summed E-state index contributed by atoms with van der Waals surface area (Å²) in [6.07, 6.45) is 4.94. The lowest BCUT2D eigenvalue weighted by atomic mass is 10.1. The number of carbonyl (C=O) groups excluding carboxylic acids is 1. The van der Waals surface area contributed by atoms with Gasteiger partial charge in [-0.1, -0.05) is 6.07 Å². The molecule has 33 heavy (non-hydrogen) atoms. The Morgan fingerprint density at radius 3 is 2.61 bits per heavy atom. The van der Waals surface area contributed by atoms with Crippen LogP contribution in [-0.4, -0.2) is 41.9 Å². The predicted molar refractivity (Wildman–Crippen MR) is 129 cm³/mol. The van der Waals surface area contributed by atoms with Crippen molar-refractivity contribution >= 4 is 34.3 Å². The number of Topliss-reactive ketones (excluding diaryl/α,β-unsaturated/α-hetero) is 1. The number of hydrogen-bond acceptors (Lipinski definition) is 8. The van der Waals surface area contributed by atoms with Gasteiger partial charge in [-0.25, -0.2) is 9.97 Å². The summed E-state index contributed by atoms with van der Waals surface area (Å²) in [6, 6.07) is 7.32. The standard InChI is InChI=1S/C23H28N6O3S/c1-23(2,3)33(31)28-19-11-18(16(12-24-19)20(30)14-9-10-14)26-17-8-6-7-15(21(17)32-5)22-25-13-29(4)27-22/h6-8,11-14H,9-10H2,1-5H3,(H2,24,26,28). The van der Waals surface area contributed by atoms with Crippen molar-refractivity contribution in [1.82, 2.24) is 19.7 Å². The molecule has 1 aliphatic carbocycles. The molecular weight excluding hydrogens is 440 g/mol. The fourth-order valence-electron chi connectivity index (χ4n) is 3.26. The SMILES string of the molecule is COc1c(Nc2cc(N[S+]([O-])C(C)(C)C)ncc2C(=O)C2CC2)cccc1-c1ncn(C)n1. The van der Waals surface area contributed by atoms with Gasteiger partial charge in [-0.3, -0.25) is 9.48 Å². The van der Waals surface area contributed by atoms with Gasteiger partial charge in [0.2, 0.25) is 0 Å². The van der Waals surface area contributed by atoms with Crippen molar-refractivity contribution in [1.29, 1.82) is 0 Å². The predicted octanol–water partition coefficient (Wildman–Crippen LogP) is 4.10. The van der Waals surface area contributed by atoms with Gasteiger partial charge in [0.15, 0.2) is 23.2 Å². The first-order valence-corrected chi connectivity index (χ1v) is 11.8. The van der Waals surface area contributed by atoms with E-state index >= 15 is 0 Å². The Balaban J connectivity index is 1.72. The van der Waals surface area contributed by atoms with E-state index < -0.39 is 16.1 Å². The highest BCUT2D eigenvalue weighted by atomic mass is 32.2. The number of nitrogens with zero attached hydrogens (tertiary/aromatic N) is 4. The molecule has 2 heterocycles. The summed E-state index contributed by atoms with van der Waals surface area (Å²) in [6.45, 7) is 5.63. The van der Waals surface area contributed by atoms with Crippen LogP contribution in [-0.2, 0) is 18.4 Å². The number of pyridine rings is 1. The van der Waals surface area contributed by atoms with Gasteiger partial charge < -0.3 is 14.6 Å². The number of anilines is 3. The molecule has 1 aromatic carbocycles. The van der Waals surface area contributed by atoms with Gasteiger partial charge in [-0.05, 0) is 45.7 Å². The zero-order valence-electron chi connectivity index (χ0n) is 19.4. The highest BCUT2D eigenvalue weighted by Gasteiger charge is 2.33. The van der Waals surface area contributed by atoms with Crippen molar-refractivity contribution in [2.45, 2.75) is 38.4 Å². The third-order valence-electron chi connectivity index (χ3n) is 5.20. The minimum Gasteiger partial charge on any atom is -0.593 e. The Labute approximate surface area is 196 Å². The first-order valence-electron chi connectivity index (χ1n) is 10.7. The number of nitrogens with one attached hydrogen (secondary N) is 2. The topological polar surface area (TPSA) is 117 Å². The van der Waals surface area contributed by atoms with Crippen molar-refractivity contribution in [3.63, 3.8) is 0 Å². The van der Waals surface area contributed by atoms with Crippen LogP contribution in [0.2, 0.25) is 0 Å². The first-order chi connectivity index (χ1) is 15.7. The summed E-state index contributed by atoms with van der Waals surface area (Å²) in [5.74, 6) is 1.58. The van der Waals surface area contributed by atoms with Crippen LogP contribution in [0.25, 0.3) is 11.4 Å². The number of hydrogen-bond donors (Lipinski definition) is 2. The summed E-state index contributed by atoms with van der Waals surface area (Å²) < 4.78 is 22.4. The van der Waals surface area contributed by atoms with E-state index in [9.17, 15) is 9.35 Å². The molecule has 1 aliphatic rings. The second-order valence-electron chi connectivity index (χ2n) is 8.99. The molecule has 0 amide bonds. The highest BCUT2D eigenvalue weighted by Crippen LogP contribution is 2.39. The molecule has 0 spiro atoms. The van der Waals surface area contributed by atoms with Crippen LogP contribution >= 0.6 is 0 Å². The summed E-state index contributed by atoms with van der Waals surface area (Å²) >= 11 is -1.36. The Hall–Kier alpha value is -3.11. The van der Waals surface area contributed by atoms with Crippen molar-refractivity contribution in [2.75, 3.05) is 17.1 Å². The Kier molecular flexibility index (Phi) is 6.31. The van der Waals surface area contributed by atoms with Crippen LogP contribution in [0.15, 0.2) is 36.8 Å².